The molecule has 1 aliphatic rings. The van der Waals surface area contributed by atoms with Crippen molar-refractivity contribution in [3.05, 3.63) is 22.7 Å². The van der Waals surface area contributed by atoms with E-state index in [0.29, 0.717) is 23.6 Å². The van der Waals surface area contributed by atoms with E-state index in [1.54, 1.807) is 0 Å². The van der Waals surface area contributed by atoms with Crippen molar-refractivity contribution >= 4 is 11.6 Å². The molecular formula is C16H25ClN2O. The smallest absolute Gasteiger partial charge is 0.159 e. The van der Waals surface area contributed by atoms with E-state index in [2.05, 4.69) is 18.8 Å². The first-order valence-electron chi connectivity index (χ1n) is 7.77. The standard InChI is InChI=1S/C16H25ClN2O/c1-4-20-15(12-8-6-5-7-9-12)16-18-13(11(2)3)10-14(17)19-16/h10-12,15H,4-9H2,1-3H3. The molecule has 0 amide bonds. The third-order valence-corrected chi connectivity index (χ3v) is 4.20. The summed E-state index contributed by atoms with van der Waals surface area (Å²) < 4.78 is 5.97. The molecule has 1 aliphatic carbocycles. The molecule has 1 aromatic rings. The first-order valence-corrected chi connectivity index (χ1v) is 8.15. The van der Waals surface area contributed by atoms with Gasteiger partial charge in [-0.1, -0.05) is 44.7 Å². The highest BCUT2D eigenvalue weighted by Gasteiger charge is 2.28. The van der Waals surface area contributed by atoms with Crippen molar-refractivity contribution < 1.29 is 4.74 Å². The van der Waals surface area contributed by atoms with Gasteiger partial charge in [-0.15, -0.1) is 0 Å². The maximum Gasteiger partial charge on any atom is 0.159 e. The molecule has 0 bridgehead atoms. The molecule has 0 radical (unpaired) electrons. The van der Waals surface area contributed by atoms with Crippen LogP contribution in [0.2, 0.25) is 5.15 Å². The van der Waals surface area contributed by atoms with Gasteiger partial charge in [0.2, 0.25) is 0 Å². The van der Waals surface area contributed by atoms with Crippen LogP contribution in [0.5, 0.6) is 0 Å². The van der Waals surface area contributed by atoms with Gasteiger partial charge in [-0.2, -0.15) is 0 Å². The van der Waals surface area contributed by atoms with Crippen molar-refractivity contribution in [2.75, 3.05) is 6.61 Å². The van der Waals surface area contributed by atoms with Crippen molar-refractivity contribution in [2.24, 2.45) is 5.92 Å². The molecule has 0 N–H and O–H groups in total. The largest absolute Gasteiger partial charge is 0.370 e. The molecule has 1 saturated carbocycles. The van der Waals surface area contributed by atoms with Crippen LogP contribution in [-0.2, 0) is 4.74 Å². The van der Waals surface area contributed by atoms with Gasteiger partial charge in [0.15, 0.2) is 5.82 Å². The quantitative estimate of drug-likeness (QED) is 0.724. The Morgan fingerprint density at radius 3 is 2.55 bits per heavy atom. The molecule has 1 unspecified atom stereocenters. The predicted molar refractivity (Wildman–Crippen MR) is 82.1 cm³/mol. The summed E-state index contributed by atoms with van der Waals surface area (Å²) in [6, 6.07) is 1.86. The van der Waals surface area contributed by atoms with Crippen molar-refractivity contribution in [1.82, 2.24) is 9.97 Å². The maximum absolute atomic E-state index is 6.17. The molecule has 1 atom stereocenters. The van der Waals surface area contributed by atoms with Gasteiger partial charge in [-0.05, 0) is 37.7 Å². The molecule has 112 valence electrons. The Kier molecular flexibility index (Phi) is 5.79. The van der Waals surface area contributed by atoms with Crippen LogP contribution in [-0.4, -0.2) is 16.6 Å². The lowest BCUT2D eigenvalue weighted by Gasteiger charge is -2.29. The first-order chi connectivity index (χ1) is 9.61. The summed E-state index contributed by atoms with van der Waals surface area (Å²) in [5.74, 6) is 1.65. The van der Waals surface area contributed by atoms with Gasteiger partial charge >= 0.3 is 0 Å². The number of nitrogens with zero attached hydrogens (tertiary/aromatic N) is 2. The minimum Gasteiger partial charge on any atom is -0.370 e. The van der Waals surface area contributed by atoms with E-state index in [4.69, 9.17) is 21.3 Å². The zero-order valence-corrected chi connectivity index (χ0v) is 13.5. The summed E-state index contributed by atoms with van der Waals surface area (Å²) in [5.41, 5.74) is 1.00. The highest BCUT2D eigenvalue weighted by atomic mass is 35.5. The van der Waals surface area contributed by atoms with Gasteiger partial charge in [0.1, 0.15) is 11.3 Å². The van der Waals surface area contributed by atoms with E-state index in [9.17, 15) is 0 Å². The molecule has 0 aromatic carbocycles. The van der Waals surface area contributed by atoms with Crippen molar-refractivity contribution in [1.29, 1.82) is 0 Å². The Morgan fingerprint density at radius 2 is 1.95 bits per heavy atom. The van der Waals surface area contributed by atoms with Crippen molar-refractivity contribution in [3.8, 4) is 0 Å². The van der Waals surface area contributed by atoms with E-state index in [-0.39, 0.29) is 6.10 Å². The molecule has 1 fully saturated rings. The monoisotopic (exact) mass is 296 g/mol. The van der Waals surface area contributed by atoms with Crippen LogP contribution in [0, 0.1) is 5.92 Å². The molecule has 4 heteroatoms. The number of hydrogen-bond donors (Lipinski definition) is 0. The van der Waals surface area contributed by atoms with E-state index in [0.717, 1.165) is 11.5 Å². The lowest BCUT2D eigenvalue weighted by Crippen LogP contribution is -2.22. The zero-order chi connectivity index (χ0) is 14.5. The number of halogens is 1. The highest BCUT2D eigenvalue weighted by Crippen LogP contribution is 2.36. The van der Waals surface area contributed by atoms with Gasteiger partial charge < -0.3 is 4.74 Å². The Bertz CT molecular complexity index is 430. The minimum absolute atomic E-state index is 0.00324. The fraction of sp³-hybridized carbons (Fsp3) is 0.750. The molecular weight excluding hydrogens is 272 g/mol. The SMILES string of the molecule is CCOC(c1nc(Cl)cc(C(C)C)n1)C1CCCCC1. The molecule has 0 saturated heterocycles. The summed E-state index contributed by atoms with van der Waals surface area (Å²) in [7, 11) is 0. The van der Waals surface area contributed by atoms with Gasteiger partial charge in [-0.25, -0.2) is 9.97 Å². The molecule has 3 nitrogen and oxygen atoms in total. The second-order valence-electron chi connectivity index (χ2n) is 5.90. The summed E-state index contributed by atoms with van der Waals surface area (Å²) in [6.07, 6.45) is 6.31. The highest BCUT2D eigenvalue weighted by molar-refractivity contribution is 6.29. The Hall–Kier alpha value is -0.670. The number of hydrogen-bond acceptors (Lipinski definition) is 3. The first kappa shape index (κ1) is 15.7. The fourth-order valence-electron chi connectivity index (χ4n) is 2.91. The molecule has 2 rings (SSSR count). The molecule has 20 heavy (non-hydrogen) atoms. The molecule has 0 aliphatic heterocycles. The number of rotatable bonds is 5. The number of ether oxygens (including phenoxy) is 1. The lowest BCUT2D eigenvalue weighted by molar-refractivity contribution is -0.000341. The lowest BCUT2D eigenvalue weighted by atomic mass is 9.85. The van der Waals surface area contributed by atoms with E-state index < -0.39 is 0 Å². The Labute approximate surface area is 127 Å². The Morgan fingerprint density at radius 1 is 1.25 bits per heavy atom. The van der Waals surface area contributed by atoms with E-state index in [1.807, 2.05) is 13.0 Å². The zero-order valence-electron chi connectivity index (χ0n) is 12.7. The van der Waals surface area contributed by atoms with Crippen LogP contribution >= 0.6 is 11.6 Å². The average molecular weight is 297 g/mol. The fourth-order valence-corrected chi connectivity index (χ4v) is 3.11. The van der Waals surface area contributed by atoms with E-state index in [1.165, 1.54) is 32.1 Å². The normalized spacial score (nSPS) is 18.4. The molecule has 0 spiro atoms. The van der Waals surface area contributed by atoms with Crippen LogP contribution in [0.3, 0.4) is 0 Å². The van der Waals surface area contributed by atoms with Gasteiger partial charge in [0.25, 0.3) is 0 Å². The molecule has 1 heterocycles. The van der Waals surface area contributed by atoms with Crippen LogP contribution < -0.4 is 0 Å². The second-order valence-corrected chi connectivity index (χ2v) is 6.29. The molecule has 1 aromatic heterocycles. The second kappa shape index (κ2) is 7.37. The summed E-state index contributed by atoms with van der Waals surface area (Å²) in [4.78, 5) is 9.15. The van der Waals surface area contributed by atoms with Crippen molar-refractivity contribution in [3.63, 3.8) is 0 Å². The minimum atomic E-state index is -0.00324. The summed E-state index contributed by atoms with van der Waals surface area (Å²) >= 11 is 6.17. The third kappa shape index (κ3) is 3.92. The van der Waals surface area contributed by atoms with Gasteiger partial charge in [-0.3, -0.25) is 0 Å². The average Bonchev–Trinajstić information content (AvgIpc) is 2.45. The van der Waals surface area contributed by atoms with Crippen LogP contribution in [0.1, 0.15) is 76.4 Å². The van der Waals surface area contributed by atoms with Crippen molar-refractivity contribution in [2.45, 2.75) is 64.9 Å². The van der Waals surface area contributed by atoms with Gasteiger partial charge in [0.05, 0.1) is 0 Å². The summed E-state index contributed by atoms with van der Waals surface area (Å²) in [5, 5.41) is 0.527. The summed E-state index contributed by atoms with van der Waals surface area (Å²) in [6.45, 7) is 6.97. The Balaban J connectivity index is 2.27. The predicted octanol–water partition coefficient (Wildman–Crippen LogP) is 4.91. The maximum atomic E-state index is 6.17. The van der Waals surface area contributed by atoms with Crippen LogP contribution in [0.25, 0.3) is 0 Å². The topological polar surface area (TPSA) is 35.0 Å². The third-order valence-electron chi connectivity index (χ3n) is 4.00. The van der Waals surface area contributed by atoms with Crippen LogP contribution in [0.15, 0.2) is 6.07 Å². The van der Waals surface area contributed by atoms with Gasteiger partial charge in [0, 0.05) is 12.3 Å². The van der Waals surface area contributed by atoms with Crippen LogP contribution in [0.4, 0.5) is 0 Å². The van der Waals surface area contributed by atoms with E-state index >= 15 is 0 Å². The number of aromatic nitrogens is 2.